The van der Waals surface area contributed by atoms with Crippen molar-refractivity contribution in [3.63, 3.8) is 0 Å². The maximum atomic E-state index is 13.9. The second-order valence-electron chi connectivity index (χ2n) is 4.65. The average Bonchev–Trinajstić information content (AvgIpc) is 2.87. The van der Waals surface area contributed by atoms with Crippen molar-refractivity contribution in [3.8, 4) is 11.8 Å². The number of aliphatic hydroxyl groups excluding tert-OH is 1. The highest BCUT2D eigenvalue weighted by Gasteiger charge is 2.22. The van der Waals surface area contributed by atoms with Crippen LogP contribution in [0.3, 0.4) is 0 Å². The molecule has 0 saturated carbocycles. The quantitative estimate of drug-likeness (QED) is 0.837. The molecule has 1 aromatic rings. The lowest BCUT2D eigenvalue weighted by molar-refractivity contribution is 0.107. The second-order valence-corrected chi connectivity index (χ2v) is 4.65. The van der Waals surface area contributed by atoms with Gasteiger partial charge in [-0.1, -0.05) is 17.9 Å². The van der Waals surface area contributed by atoms with Crippen LogP contribution in [0.25, 0.3) is 0 Å². The van der Waals surface area contributed by atoms with Crippen molar-refractivity contribution in [1.82, 2.24) is 4.90 Å². The monoisotopic (exact) mass is 263 g/mol. The molecule has 2 rings (SSSR count). The Morgan fingerprint density at radius 2 is 2.37 bits per heavy atom. The number of likely N-dealkylation sites (tertiary alicyclic amines) is 1. The highest BCUT2D eigenvalue weighted by atomic mass is 19.1. The zero-order valence-electron chi connectivity index (χ0n) is 11.0. The predicted molar refractivity (Wildman–Crippen MR) is 71.1 cm³/mol. The minimum absolute atomic E-state index is 0.213. The summed E-state index contributed by atoms with van der Waals surface area (Å²) in [5.74, 6) is 4.96. The molecule has 0 spiro atoms. The van der Waals surface area contributed by atoms with Crippen molar-refractivity contribution in [2.24, 2.45) is 0 Å². The molecule has 1 N–H and O–H groups in total. The zero-order chi connectivity index (χ0) is 13.7. The van der Waals surface area contributed by atoms with Crippen LogP contribution < -0.4 is 0 Å². The van der Waals surface area contributed by atoms with Gasteiger partial charge < -0.3 is 9.84 Å². The van der Waals surface area contributed by atoms with E-state index in [1.54, 1.807) is 19.2 Å². The summed E-state index contributed by atoms with van der Waals surface area (Å²) in [7, 11) is 1.71. The van der Waals surface area contributed by atoms with Gasteiger partial charge in [0.25, 0.3) is 0 Å². The zero-order valence-corrected chi connectivity index (χ0v) is 11.0. The molecular formula is C15H18FNO2. The molecule has 3 nitrogen and oxygen atoms in total. The van der Waals surface area contributed by atoms with Gasteiger partial charge in [0.2, 0.25) is 0 Å². The van der Waals surface area contributed by atoms with Crippen LogP contribution in [-0.4, -0.2) is 42.9 Å². The SMILES string of the molecule is COC1CCN(Cc2ccc(C#CCO)cc2F)C1. The molecule has 0 radical (unpaired) electrons. The Labute approximate surface area is 113 Å². The van der Waals surface area contributed by atoms with E-state index < -0.39 is 0 Å². The van der Waals surface area contributed by atoms with Crippen LogP contribution in [0.4, 0.5) is 4.39 Å². The lowest BCUT2D eigenvalue weighted by Crippen LogP contribution is -2.22. The Kier molecular flexibility index (Phi) is 4.92. The summed E-state index contributed by atoms with van der Waals surface area (Å²) in [5.41, 5.74) is 1.26. The molecule has 1 heterocycles. The van der Waals surface area contributed by atoms with Crippen LogP contribution in [0, 0.1) is 17.7 Å². The Morgan fingerprint density at radius 1 is 1.53 bits per heavy atom. The molecule has 1 unspecified atom stereocenters. The molecule has 1 fully saturated rings. The third-order valence-electron chi connectivity index (χ3n) is 3.32. The number of hydrogen-bond donors (Lipinski definition) is 1. The largest absolute Gasteiger partial charge is 0.384 e. The molecule has 0 aliphatic carbocycles. The van der Waals surface area contributed by atoms with Crippen molar-refractivity contribution in [2.75, 3.05) is 26.8 Å². The van der Waals surface area contributed by atoms with Crippen LogP contribution in [0.5, 0.6) is 0 Å². The minimum Gasteiger partial charge on any atom is -0.384 e. The molecule has 102 valence electrons. The fourth-order valence-electron chi connectivity index (χ4n) is 2.27. The van der Waals surface area contributed by atoms with Crippen LogP contribution in [0.15, 0.2) is 18.2 Å². The smallest absolute Gasteiger partial charge is 0.128 e. The van der Waals surface area contributed by atoms with Gasteiger partial charge in [0.1, 0.15) is 12.4 Å². The first kappa shape index (κ1) is 14.0. The van der Waals surface area contributed by atoms with Crippen molar-refractivity contribution < 1.29 is 14.2 Å². The number of benzene rings is 1. The summed E-state index contributed by atoms with van der Waals surface area (Å²) in [6, 6.07) is 4.96. The molecule has 1 saturated heterocycles. The first-order chi connectivity index (χ1) is 9.22. The summed E-state index contributed by atoms with van der Waals surface area (Å²) >= 11 is 0. The number of aliphatic hydroxyl groups is 1. The number of halogens is 1. The van der Waals surface area contributed by atoms with Crippen LogP contribution in [0.2, 0.25) is 0 Å². The van der Waals surface area contributed by atoms with Gasteiger partial charge in [0, 0.05) is 37.9 Å². The first-order valence-electron chi connectivity index (χ1n) is 6.36. The third-order valence-corrected chi connectivity index (χ3v) is 3.32. The van der Waals surface area contributed by atoms with Gasteiger partial charge >= 0.3 is 0 Å². The average molecular weight is 263 g/mol. The van der Waals surface area contributed by atoms with Gasteiger partial charge in [-0.2, -0.15) is 0 Å². The summed E-state index contributed by atoms with van der Waals surface area (Å²) in [4.78, 5) is 2.19. The Hall–Kier alpha value is -1.41. The fraction of sp³-hybridized carbons (Fsp3) is 0.467. The molecule has 0 aromatic heterocycles. The number of rotatable bonds is 3. The normalized spacial score (nSPS) is 19.2. The van der Waals surface area contributed by atoms with Crippen LogP contribution >= 0.6 is 0 Å². The Bertz CT molecular complexity index is 493. The number of nitrogens with zero attached hydrogens (tertiary/aromatic N) is 1. The summed E-state index contributed by atoms with van der Waals surface area (Å²) in [6.07, 6.45) is 1.26. The van der Waals surface area contributed by atoms with Crippen molar-refractivity contribution in [2.45, 2.75) is 19.1 Å². The van der Waals surface area contributed by atoms with E-state index in [0.29, 0.717) is 17.7 Å². The highest BCUT2D eigenvalue weighted by Crippen LogP contribution is 2.18. The summed E-state index contributed by atoms with van der Waals surface area (Å²) in [5, 5.41) is 8.60. The molecule has 1 aliphatic heterocycles. The summed E-state index contributed by atoms with van der Waals surface area (Å²) in [6.45, 7) is 2.17. The van der Waals surface area contributed by atoms with Crippen molar-refractivity contribution in [1.29, 1.82) is 0 Å². The van der Waals surface area contributed by atoms with E-state index in [-0.39, 0.29) is 18.5 Å². The Morgan fingerprint density at radius 3 is 3.00 bits per heavy atom. The van der Waals surface area contributed by atoms with Crippen LogP contribution in [0.1, 0.15) is 17.5 Å². The third kappa shape index (κ3) is 3.77. The maximum absolute atomic E-state index is 13.9. The second kappa shape index (κ2) is 6.67. The van der Waals surface area contributed by atoms with E-state index in [9.17, 15) is 4.39 Å². The van der Waals surface area contributed by atoms with E-state index in [4.69, 9.17) is 9.84 Å². The molecule has 0 bridgehead atoms. The van der Waals surface area contributed by atoms with E-state index >= 15 is 0 Å². The molecule has 0 amide bonds. The summed E-state index contributed by atoms with van der Waals surface area (Å²) < 4.78 is 19.2. The standard InChI is InChI=1S/C15H18FNO2/c1-19-14-6-7-17(11-14)10-13-5-4-12(3-2-8-18)9-15(13)16/h4-5,9,14,18H,6-8,10-11H2,1H3. The molecular weight excluding hydrogens is 245 g/mol. The van der Waals surface area contributed by atoms with Crippen molar-refractivity contribution in [3.05, 3.63) is 35.1 Å². The highest BCUT2D eigenvalue weighted by molar-refractivity contribution is 5.37. The number of methoxy groups -OCH3 is 1. The molecule has 19 heavy (non-hydrogen) atoms. The van der Waals surface area contributed by atoms with Crippen LogP contribution in [-0.2, 0) is 11.3 Å². The molecule has 4 heteroatoms. The molecule has 1 atom stereocenters. The van der Waals surface area contributed by atoms with E-state index in [1.807, 2.05) is 0 Å². The number of hydrogen-bond acceptors (Lipinski definition) is 3. The van der Waals surface area contributed by atoms with E-state index in [2.05, 4.69) is 16.7 Å². The topological polar surface area (TPSA) is 32.7 Å². The van der Waals surface area contributed by atoms with Gasteiger partial charge in [-0.25, -0.2) is 4.39 Å². The lowest BCUT2D eigenvalue weighted by Gasteiger charge is -2.16. The molecule has 1 aliphatic rings. The number of ether oxygens (including phenoxy) is 1. The van der Waals surface area contributed by atoms with Gasteiger partial charge in [-0.05, 0) is 18.6 Å². The van der Waals surface area contributed by atoms with Gasteiger partial charge in [-0.15, -0.1) is 0 Å². The molecule has 1 aromatic carbocycles. The maximum Gasteiger partial charge on any atom is 0.128 e. The minimum atomic E-state index is -0.245. The predicted octanol–water partition coefficient (Wildman–Crippen LogP) is 1.39. The first-order valence-corrected chi connectivity index (χ1v) is 6.36. The van der Waals surface area contributed by atoms with Gasteiger partial charge in [-0.3, -0.25) is 4.90 Å². The lowest BCUT2D eigenvalue weighted by atomic mass is 10.1. The van der Waals surface area contributed by atoms with Gasteiger partial charge in [0.15, 0.2) is 0 Å². The van der Waals surface area contributed by atoms with E-state index in [1.165, 1.54) is 6.07 Å². The van der Waals surface area contributed by atoms with Gasteiger partial charge in [0.05, 0.1) is 6.10 Å². The fourth-order valence-corrected chi connectivity index (χ4v) is 2.27. The van der Waals surface area contributed by atoms with E-state index in [0.717, 1.165) is 19.5 Å². The van der Waals surface area contributed by atoms with Crippen molar-refractivity contribution >= 4 is 0 Å². The Balaban J connectivity index is 2.01.